The predicted molar refractivity (Wildman–Crippen MR) is 167 cm³/mol. The van der Waals surface area contributed by atoms with Gasteiger partial charge in [0.05, 0.1) is 36.3 Å². The monoisotopic (exact) mass is 621 g/mol. The molecule has 0 aliphatic carbocycles. The number of nitrogens with one attached hydrogen (secondary N) is 1. The molecular weight excluding hydrogens is 582 g/mol. The Kier molecular flexibility index (Phi) is 9.38. The van der Waals surface area contributed by atoms with Crippen LogP contribution < -0.4 is 5.62 Å². The number of hydrogen-bond donors (Lipinski definition) is 2. The SMILES string of the molecule is Br.CCOC(=O)c1ccccc1Cn1c(=N)n(CC(=O)c2cc(C(C)(C)C)c(O)c(C(C)(C)C)c2)c2ccccc21. The van der Waals surface area contributed by atoms with E-state index in [1.165, 1.54) is 0 Å². The molecule has 8 heteroatoms. The Morgan fingerprint density at radius 2 is 1.37 bits per heavy atom. The van der Waals surface area contributed by atoms with Gasteiger partial charge in [-0.1, -0.05) is 71.9 Å². The summed E-state index contributed by atoms with van der Waals surface area (Å²) in [6.07, 6.45) is 0. The number of carbonyl (C=O) groups excluding carboxylic acids is 2. The number of aromatic hydroxyl groups is 1. The van der Waals surface area contributed by atoms with Crippen molar-refractivity contribution in [2.24, 2.45) is 0 Å². The molecule has 4 aromatic rings. The van der Waals surface area contributed by atoms with Gasteiger partial charge >= 0.3 is 5.97 Å². The summed E-state index contributed by atoms with van der Waals surface area (Å²) in [7, 11) is 0. The van der Waals surface area contributed by atoms with E-state index < -0.39 is 5.97 Å². The molecule has 0 saturated carbocycles. The number of ether oxygens (including phenoxy) is 1. The van der Waals surface area contributed by atoms with Crippen molar-refractivity contribution in [2.75, 3.05) is 6.61 Å². The first-order valence-electron chi connectivity index (χ1n) is 13.6. The topological polar surface area (TPSA) is 97.3 Å². The predicted octanol–water partition coefficient (Wildman–Crippen LogP) is 6.91. The van der Waals surface area contributed by atoms with Crippen LogP contribution in [-0.2, 0) is 28.7 Å². The van der Waals surface area contributed by atoms with Gasteiger partial charge < -0.3 is 19.0 Å². The van der Waals surface area contributed by atoms with Gasteiger partial charge in [-0.3, -0.25) is 10.2 Å². The molecule has 0 atom stereocenters. The van der Waals surface area contributed by atoms with E-state index in [0.717, 1.165) is 27.7 Å². The maximum Gasteiger partial charge on any atom is 0.338 e. The highest BCUT2D eigenvalue weighted by Crippen LogP contribution is 2.40. The Bertz CT molecular complexity index is 1620. The molecule has 0 bridgehead atoms. The lowest BCUT2D eigenvalue weighted by Crippen LogP contribution is -2.28. The van der Waals surface area contributed by atoms with Crippen LogP contribution >= 0.6 is 17.0 Å². The van der Waals surface area contributed by atoms with Crippen molar-refractivity contribution in [3.05, 3.63) is 94.1 Å². The van der Waals surface area contributed by atoms with Gasteiger partial charge in [-0.25, -0.2) is 4.79 Å². The van der Waals surface area contributed by atoms with Crippen LogP contribution in [0.15, 0.2) is 60.7 Å². The van der Waals surface area contributed by atoms with Crippen molar-refractivity contribution < 1.29 is 19.4 Å². The molecule has 0 unspecified atom stereocenters. The van der Waals surface area contributed by atoms with Gasteiger partial charge in [0.2, 0.25) is 5.62 Å². The second-order valence-electron chi connectivity index (χ2n) is 12.2. The fourth-order valence-electron chi connectivity index (χ4n) is 5.02. The molecule has 0 saturated heterocycles. The van der Waals surface area contributed by atoms with Gasteiger partial charge in [0.15, 0.2) is 5.78 Å². The minimum Gasteiger partial charge on any atom is -0.507 e. The fourth-order valence-corrected chi connectivity index (χ4v) is 5.02. The summed E-state index contributed by atoms with van der Waals surface area (Å²) in [6.45, 7) is 14.4. The van der Waals surface area contributed by atoms with Gasteiger partial charge in [-0.05, 0) is 53.6 Å². The molecule has 0 aliphatic heterocycles. The largest absolute Gasteiger partial charge is 0.507 e. The van der Waals surface area contributed by atoms with Gasteiger partial charge in [-0.15, -0.1) is 17.0 Å². The molecule has 0 aliphatic rings. The van der Waals surface area contributed by atoms with Crippen LogP contribution in [-0.4, -0.2) is 32.6 Å². The summed E-state index contributed by atoms with van der Waals surface area (Å²) in [6, 6.07) is 18.4. The van der Waals surface area contributed by atoms with E-state index in [9.17, 15) is 14.7 Å². The lowest BCUT2D eigenvalue weighted by Gasteiger charge is -2.28. The van der Waals surface area contributed by atoms with Crippen LogP contribution in [0.3, 0.4) is 0 Å². The number of benzene rings is 3. The highest BCUT2D eigenvalue weighted by atomic mass is 79.9. The minimum absolute atomic E-state index is 0. The van der Waals surface area contributed by atoms with Gasteiger partial charge in [-0.2, -0.15) is 0 Å². The number of carbonyl (C=O) groups is 2. The van der Waals surface area contributed by atoms with Crippen LogP contribution in [0.4, 0.5) is 0 Å². The molecule has 2 N–H and O–H groups in total. The van der Waals surface area contributed by atoms with Crippen molar-refractivity contribution in [3.8, 4) is 5.75 Å². The first-order valence-corrected chi connectivity index (χ1v) is 13.6. The van der Waals surface area contributed by atoms with E-state index in [-0.39, 0.29) is 64.7 Å². The average molecular weight is 623 g/mol. The van der Waals surface area contributed by atoms with Crippen molar-refractivity contribution in [1.29, 1.82) is 5.41 Å². The number of hydrogen-bond acceptors (Lipinski definition) is 5. The molecule has 7 nitrogen and oxygen atoms in total. The Morgan fingerprint density at radius 3 is 1.90 bits per heavy atom. The lowest BCUT2D eigenvalue weighted by atomic mass is 9.78. The number of para-hydroxylation sites is 2. The van der Waals surface area contributed by atoms with Gasteiger partial charge in [0.1, 0.15) is 5.75 Å². The van der Waals surface area contributed by atoms with Crippen LogP contribution in [0.2, 0.25) is 0 Å². The van der Waals surface area contributed by atoms with E-state index in [1.807, 2.05) is 77.9 Å². The maximum atomic E-state index is 13.8. The molecule has 218 valence electrons. The molecule has 41 heavy (non-hydrogen) atoms. The molecule has 0 radical (unpaired) electrons. The van der Waals surface area contributed by atoms with Crippen LogP contribution in [0, 0.1) is 5.41 Å². The fraction of sp³-hybridized carbons (Fsp3) is 0.364. The normalized spacial score (nSPS) is 11.8. The van der Waals surface area contributed by atoms with Gasteiger partial charge in [0, 0.05) is 16.7 Å². The van der Waals surface area contributed by atoms with Crippen LogP contribution in [0.1, 0.15) is 85.9 Å². The van der Waals surface area contributed by atoms with E-state index in [2.05, 4.69) is 0 Å². The van der Waals surface area contributed by atoms with Crippen molar-refractivity contribution in [3.63, 3.8) is 0 Å². The smallest absolute Gasteiger partial charge is 0.338 e. The molecule has 0 spiro atoms. The number of esters is 1. The summed E-state index contributed by atoms with van der Waals surface area (Å²) in [5, 5.41) is 20.2. The summed E-state index contributed by atoms with van der Waals surface area (Å²) in [5.41, 5.74) is 4.09. The zero-order chi connectivity index (χ0) is 29.4. The third-order valence-electron chi connectivity index (χ3n) is 7.17. The third-order valence-corrected chi connectivity index (χ3v) is 7.17. The molecule has 1 aromatic heterocycles. The molecule has 0 fully saturated rings. The summed E-state index contributed by atoms with van der Waals surface area (Å²) in [5.74, 6) is -0.327. The number of Topliss-reactive ketones (excluding diaryl/α,β-unsaturated/α-hetero) is 1. The van der Waals surface area contributed by atoms with E-state index >= 15 is 0 Å². The first-order chi connectivity index (χ1) is 18.7. The zero-order valence-corrected chi connectivity index (χ0v) is 26.6. The van der Waals surface area contributed by atoms with Gasteiger partial charge in [0.25, 0.3) is 0 Å². The third kappa shape index (κ3) is 6.48. The second kappa shape index (κ2) is 12.1. The number of rotatable bonds is 7. The zero-order valence-electron chi connectivity index (χ0n) is 24.9. The maximum absolute atomic E-state index is 13.8. The molecule has 1 heterocycles. The lowest BCUT2D eigenvalue weighted by molar-refractivity contribution is 0.0524. The summed E-state index contributed by atoms with van der Waals surface area (Å²) >= 11 is 0. The Morgan fingerprint density at radius 1 is 0.854 bits per heavy atom. The number of imidazole rings is 1. The quantitative estimate of drug-likeness (QED) is 0.173. The molecule has 4 rings (SSSR count). The highest BCUT2D eigenvalue weighted by Gasteiger charge is 2.28. The van der Waals surface area contributed by atoms with Crippen molar-refractivity contribution >= 4 is 39.8 Å². The molecular formula is C33H40BrN3O4. The number of aromatic nitrogens is 2. The number of phenolic OH excluding ortho intramolecular Hbond substituents is 1. The standard InChI is InChI=1S/C33H39N3O4.BrH/c1-8-40-30(39)23-14-10-9-13-21(23)19-35-26-15-11-12-16-27(26)36(31(35)34)20-28(37)22-17-24(32(2,3)4)29(38)25(18-22)33(5,6)7;/h9-18,34,38H,8,19-20H2,1-7H3;1H. The Hall–Kier alpha value is -3.65. The van der Waals surface area contributed by atoms with Crippen molar-refractivity contribution in [1.82, 2.24) is 9.13 Å². The van der Waals surface area contributed by atoms with Crippen LogP contribution in [0.25, 0.3) is 11.0 Å². The number of fused-ring (bicyclic) bond motifs is 1. The Balaban J connectivity index is 0.00000462. The van der Waals surface area contributed by atoms with E-state index in [1.54, 1.807) is 40.3 Å². The Labute approximate surface area is 252 Å². The van der Waals surface area contributed by atoms with E-state index in [0.29, 0.717) is 11.1 Å². The van der Waals surface area contributed by atoms with Crippen molar-refractivity contribution in [2.45, 2.75) is 72.4 Å². The second-order valence-corrected chi connectivity index (χ2v) is 12.2. The summed E-state index contributed by atoms with van der Waals surface area (Å²) in [4.78, 5) is 26.4. The average Bonchev–Trinajstić information content (AvgIpc) is 3.13. The van der Waals surface area contributed by atoms with E-state index in [4.69, 9.17) is 10.1 Å². The first kappa shape index (κ1) is 31.9. The molecule has 0 amide bonds. The molecule has 3 aromatic carbocycles. The summed E-state index contributed by atoms with van der Waals surface area (Å²) < 4.78 is 8.75. The number of nitrogens with zero attached hydrogens (tertiary/aromatic N) is 2. The minimum atomic E-state index is -0.402. The number of halogens is 1. The highest BCUT2D eigenvalue weighted by molar-refractivity contribution is 8.93. The number of ketones is 1. The number of phenols is 1. The van der Waals surface area contributed by atoms with Crippen LogP contribution in [0.5, 0.6) is 5.75 Å².